The second-order valence-electron chi connectivity index (χ2n) is 6.32. The summed E-state index contributed by atoms with van der Waals surface area (Å²) in [6.07, 6.45) is 6.30. The molecule has 1 aliphatic carbocycles. The highest BCUT2D eigenvalue weighted by Gasteiger charge is 2.38. The molecule has 1 nitrogen and oxygen atoms in total. The Morgan fingerprint density at radius 2 is 1.63 bits per heavy atom. The molecule has 1 aliphatic rings. The first-order chi connectivity index (χ1) is 8.98. The minimum absolute atomic E-state index is 0.0102. The average molecular weight is 258 g/mol. The van der Waals surface area contributed by atoms with Gasteiger partial charge in [0.1, 0.15) is 5.78 Å². The fourth-order valence-electron chi connectivity index (χ4n) is 3.72. The second kappa shape index (κ2) is 5.48. The van der Waals surface area contributed by atoms with E-state index >= 15 is 0 Å². The molecule has 2 rings (SSSR count). The normalized spacial score (nSPS) is 17.7. The van der Waals surface area contributed by atoms with E-state index in [9.17, 15) is 4.79 Å². The Bertz CT molecular complexity index is 455. The van der Waals surface area contributed by atoms with Gasteiger partial charge in [-0.1, -0.05) is 37.5 Å². The largest absolute Gasteiger partial charge is 0.299 e. The maximum Gasteiger partial charge on any atom is 0.143 e. The van der Waals surface area contributed by atoms with E-state index in [0.717, 1.165) is 19.3 Å². The lowest BCUT2D eigenvalue weighted by molar-refractivity contribution is -0.128. The van der Waals surface area contributed by atoms with E-state index in [2.05, 4.69) is 39.8 Å². The summed E-state index contributed by atoms with van der Waals surface area (Å²) in [5.74, 6) is 0.475. The van der Waals surface area contributed by atoms with Gasteiger partial charge in [0.2, 0.25) is 0 Å². The van der Waals surface area contributed by atoms with Gasteiger partial charge in [0.05, 0.1) is 0 Å². The summed E-state index contributed by atoms with van der Waals surface area (Å²) in [6, 6.07) is 4.39. The van der Waals surface area contributed by atoms with Crippen LogP contribution in [0.2, 0.25) is 0 Å². The van der Waals surface area contributed by atoms with Gasteiger partial charge in [-0.25, -0.2) is 0 Å². The van der Waals surface area contributed by atoms with E-state index < -0.39 is 0 Å². The van der Waals surface area contributed by atoms with E-state index in [1.54, 1.807) is 0 Å². The Hall–Kier alpha value is -1.11. The summed E-state index contributed by atoms with van der Waals surface area (Å²) < 4.78 is 0. The van der Waals surface area contributed by atoms with Crippen molar-refractivity contribution in [3.63, 3.8) is 0 Å². The Morgan fingerprint density at radius 1 is 1.11 bits per heavy atom. The fourth-order valence-corrected chi connectivity index (χ4v) is 3.72. The van der Waals surface area contributed by atoms with Crippen molar-refractivity contribution >= 4 is 5.78 Å². The second-order valence-corrected chi connectivity index (χ2v) is 6.32. The molecule has 104 valence electrons. The lowest BCUT2D eigenvalue weighted by atomic mass is 9.76. The summed E-state index contributed by atoms with van der Waals surface area (Å²) in [7, 11) is 0. The molecule has 19 heavy (non-hydrogen) atoms. The van der Waals surface area contributed by atoms with Crippen molar-refractivity contribution in [2.75, 3.05) is 0 Å². The van der Waals surface area contributed by atoms with E-state index in [0.29, 0.717) is 12.2 Å². The van der Waals surface area contributed by atoms with Crippen molar-refractivity contribution in [1.82, 2.24) is 0 Å². The molecular formula is C18H26O. The minimum atomic E-state index is -0.0102. The number of hydrogen-bond acceptors (Lipinski definition) is 1. The highest BCUT2D eigenvalue weighted by atomic mass is 16.1. The molecule has 0 saturated heterocycles. The third-order valence-corrected chi connectivity index (χ3v) is 5.01. The van der Waals surface area contributed by atoms with Gasteiger partial charge in [-0.2, -0.15) is 0 Å². The van der Waals surface area contributed by atoms with Crippen molar-refractivity contribution < 1.29 is 4.79 Å². The first-order valence-corrected chi connectivity index (χ1v) is 7.58. The molecule has 0 N–H and O–H groups in total. The molecule has 1 aromatic carbocycles. The van der Waals surface area contributed by atoms with Crippen molar-refractivity contribution in [3.8, 4) is 0 Å². The molecule has 1 aromatic rings. The SMILES string of the molecule is CCC1(C(=O)Cc2c(C)cc(C)cc2C)CCCC1. The van der Waals surface area contributed by atoms with Crippen LogP contribution in [0.1, 0.15) is 61.3 Å². The number of benzene rings is 1. The number of carbonyl (C=O) groups excluding carboxylic acids is 1. The van der Waals surface area contributed by atoms with Crippen LogP contribution < -0.4 is 0 Å². The lowest BCUT2D eigenvalue weighted by Gasteiger charge is -2.26. The predicted octanol–water partition coefficient (Wildman–Crippen LogP) is 4.69. The summed E-state index contributed by atoms with van der Waals surface area (Å²) in [5.41, 5.74) is 5.09. The van der Waals surface area contributed by atoms with Gasteiger partial charge >= 0.3 is 0 Å². The zero-order valence-corrected chi connectivity index (χ0v) is 12.8. The number of hydrogen-bond donors (Lipinski definition) is 0. The Morgan fingerprint density at radius 3 is 2.11 bits per heavy atom. The molecular weight excluding hydrogens is 232 g/mol. The van der Waals surface area contributed by atoms with Crippen LogP contribution in [-0.2, 0) is 11.2 Å². The van der Waals surface area contributed by atoms with E-state index in [4.69, 9.17) is 0 Å². The summed E-state index contributed by atoms with van der Waals surface area (Å²) >= 11 is 0. The number of rotatable bonds is 4. The Balaban J connectivity index is 2.24. The third-order valence-electron chi connectivity index (χ3n) is 5.01. The molecule has 0 spiro atoms. The maximum absolute atomic E-state index is 12.8. The van der Waals surface area contributed by atoms with Crippen molar-refractivity contribution in [3.05, 3.63) is 34.4 Å². The van der Waals surface area contributed by atoms with Crippen LogP contribution in [0.4, 0.5) is 0 Å². The number of Topliss-reactive ketones (excluding diaryl/α,β-unsaturated/α-hetero) is 1. The van der Waals surface area contributed by atoms with Crippen LogP contribution in [0.3, 0.4) is 0 Å². The molecule has 0 atom stereocenters. The molecule has 1 heteroatoms. The highest BCUT2D eigenvalue weighted by molar-refractivity contribution is 5.87. The molecule has 0 unspecified atom stereocenters. The van der Waals surface area contributed by atoms with E-state index in [-0.39, 0.29) is 5.41 Å². The van der Waals surface area contributed by atoms with Gasteiger partial charge in [-0.3, -0.25) is 4.79 Å². The van der Waals surface area contributed by atoms with Gasteiger partial charge in [0.15, 0.2) is 0 Å². The lowest BCUT2D eigenvalue weighted by Crippen LogP contribution is -2.29. The molecule has 0 aromatic heterocycles. The van der Waals surface area contributed by atoms with Crippen molar-refractivity contribution in [1.29, 1.82) is 0 Å². The minimum Gasteiger partial charge on any atom is -0.299 e. The first kappa shape index (κ1) is 14.3. The molecule has 0 aliphatic heterocycles. The molecule has 1 saturated carbocycles. The monoisotopic (exact) mass is 258 g/mol. The topological polar surface area (TPSA) is 17.1 Å². The Kier molecular flexibility index (Phi) is 4.13. The average Bonchev–Trinajstić information content (AvgIpc) is 2.83. The Labute approximate surface area is 117 Å². The quantitative estimate of drug-likeness (QED) is 0.765. The van der Waals surface area contributed by atoms with Crippen LogP contribution >= 0.6 is 0 Å². The molecule has 0 bridgehead atoms. The van der Waals surface area contributed by atoms with Gasteiger partial charge in [-0.05, 0) is 56.7 Å². The first-order valence-electron chi connectivity index (χ1n) is 7.58. The highest BCUT2D eigenvalue weighted by Crippen LogP contribution is 2.42. The van der Waals surface area contributed by atoms with Crippen LogP contribution in [0, 0.1) is 26.2 Å². The summed E-state index contributed by atoms with van der Waals surface area (Å²) in [4.78, 5) is 12.8. The molecule has 0 radical (unpaired) electrons. The van der Waals surface area contributed by atoms with Crippen LogP contribution in [0.5, 0.6) is 0 Å². The van der Waals surface area contributed by atoms with Crippen LogP contribution in [-0.4, -0.2) is 5.78 Å². The van der Waals surface area contributed by atoms with E-state index in [1.807, 2.05) is 0 Å². The van der Waals surface area contributed by atoms with Gasteiger partial charge in [0.25, 0.3) is 0 Å². The molecule has 1 fully saturated rings. The van der Waals surface area contributed by atoms with Gasteiger partial charge < -0.3 is 0 Å². The predicted molar refractivity (Wildman–Crippen MR) is 80.6 cm³/mol. The van der Waals surface area contributed by atoms with Crippen LogP contribution in [0.25, 0.3) is 0 Å². The smallest absolute Gasteiger partial charge is 0.143 e. The maximum atomic E-state index is 12.8. The van der Waals surface area contributed by atoms with Gasteiger partial charge in [-0.15, -0.1) is 0 Å². The zero-order chi connectivity index (χ0) is 14.0. The fraction of sp³-hybridized carbons (Fsp3) is 0.611. The number of ketones is 1. The van der Waals surface area contributed by atoms with Crippen LogP contribution in [0.15, 0.2) is 12.1 Å². The van der Waals surface area contributed by atoms with Crippen molar-refractivity contribution in [2.24, 2.45) is 5.41 Å². The number of carbonyl (C=O) groups is 1. The molecule has 0 amide bonds. The third kappa shape index (κ3) is 2.75. The van der Waals surface area contributed by atoms with Crippen molar-refractivity contribution in [2.45, 2.75) is 66.2 Å². The standard InChI is InChI=1S/C18H26O/c1-5-18(8-6-7-9-18)17(19)12-16-14(3)10-13(2)11-15(16)4/h10-11H,5-9,12H2,1-4H3. The summed E-state index contributed by atoms with van der Waals surface area (Å²) in [5, 5.41) is 0. The molecule has 0 heterocycles. The van der Waals surface area contributed by atoms with E-state index in [1.165, 1.54) is 35.1 Å². The zero-order valence-electron chi connectivity index (χ0n) is 12.8. The van der Waals surface area contributed by atoms with Gasteiger partial charge in [0, 0.05) is 11.8 Å². The number of aryl methyl sites for hydroxylation is 3. The summed E-state index contributed by atoms with van der Waals surface area (Å²) in [6.45, 7) is 8.57.